The first-order valence-electron chi connectivity index (χ1n) is 67.6. The van der Waals surface area contributed by atoms with E-state index < -0.39 is 0 Å². The van der Waals surface area contributed by atoms with E-state index >= 15 is 0 Å². The standard InChI is InChI=1S/C50H81NO2.C46H75NO2.C37H61NO2/c1-2-11-32(12-3-1)33-21-25-37(26-22-33)51(38-27-23-35(24-28-38)40-19-10-15-34-13-4-6-16-39(34)40)44-31-36-14-5-7-17-41(36)47-43-29-30-46-48(49(43)53-50(44)47)42-18-8-9-20-45(42)52-46;1-3-12-30(13-4-1)32-22-26-34(27-23-32)47(35-28-24-33(25-29-35)31-14-5-2-6-15-31)40-20-11-19-39-42-36-16-7-8-17-37(36)45-43(46(42)49-44(39)40)38-18-9-10-21-41(38)48-45;1-24-14-16-25(17-15-24)26-18-20-28(21-19-26)38(27-8-3-2-4-9-27)32-12-7-11-29-30-22-23-34-35(37(30)40-36(29)32)31-10-5-6-13-33(31)39-34/h32-50H,1-31H2;30-46H,1-29H2;24-37H,2-23H2,1H3. The van der Waals surface area contributed by atoms with Gasteiger partial charge in [0.1, 0.15) is 0 Å². The fraction of sp³-hybridized carbons (Fsp3) is 1.00. The SMILES string of the molecule is C1CCC(C2CCC(N(C3CCC(C4CCCC5CCCCC54)CC3)C3CC4CCCCC4C4C5CCC6OC7CCCCC7C6C5OC43)CC2)CC1.C1CCC(C2CCC(N(C3CCC(C4CCCCC4)CC3)C3CCCC4C3OC3C4C4CCCCC4C4OC5CCCCC5C43)CC2)CC1.CC1CCC(C2CCC(N(C3CCCCC3)C3CCCC4C5CCC6OC7CCCCC7C6C5OC43)CC2)CC1. The van der Waals surface area contributed by atoms with Crippen LogP contribution in [-0.4, -0.2) is 142 Å². The summed E-state index contributed by atoms with van der Waals surface area (Å²) in [6.45, 7) is 2.49. The number of nitrogens with zero attached hydrogens (tertiary/aromatic N) is 3. The van der Waals surface area contributed by atoms with Crippen molar-refractivity contribution in [3.8, 4) is 0 Å². The van der Waals surface area contributed by atoms with Crippen molar-refractivity contribution in [3.63, 3.8) is 0 Å². The van der Waals surface area contributed by atoms with Gasteiger partial charge in [-0.1, -0.05) is 251 Å². The summed E-state index contributed by atoms with van der Waals surface area (Å²) in [5.74, 6) is 26.8. The molecule has 0 aromatic carbocycles. The fourth-order valence-corrected chi connectivity index (χ4v) is 47.5. The van der Waals surface area contributed by atoms with Crippen LogP contribution in [0.25, 0.3) is 0 Å². The molecule has 34 atom stereocenters. The molecule has 0 amide bonds. The van der Waals surface area contributed by atoms with E-state index in [1.54, 1.807) is 83.5 Å². The van der Waals surface area contributed by atoms with Crippen molar-refractivity contribution in [2.75, 3.05) is 0 Å². The molecule has 6 heterocycles. The average Bonchev–Trinajstić information content (AvgIpc) is 1.55. The molecule has 6 aliphatic heterocycles. The van der Waals surface area contributed by atoms with Crippen molar-refractivity contribution >= 4 is 0 Å². The van der Waals surface area contributed by atoms with Gasteiger partial charge in [0.2, 0.25) is 0 Å². The highest BCUT2D eigenvalue weighted by Crippen LogP contribution is 2.68. The monoisotopic (exact) mass is 1950 g/mol. The first-order chi connectivity index (χ1) is 70.3. The molecule has 23 saturated carbocycles. The molecule has 0 radical (unpaired) electrons. The summed E-state index contributed by atoms with van der Waals surface area (Å²) in [5, 5.41) is 0. The summed E-state index contributed by atoms with van der Waals surface area (Å²) in [7, 11) is 0. The summed E-state index contributed by atoms with van der Waals surface area (Å²) in [6.07, 6.45) is 128. The minimum Gasteiger partial charge on any atom is -0.374 e. The molecule has 0 bridgehead atoms. The molecule has 0 spiro atoms. The molecular weight excluding hydrogens is 1740 g/mol. The highest BCUT2D eigenvalue weighted by molar-refractivity contribution is 5.18. The Hall–Kier alpha value is -0.360. The van der Waals surface area contributed by atoms with E-state index in [0.29, 0.717) is 109 Å². The van der Waals surface area contributed by atoms with Crippen LogP contribution < -0.4 is 0 Å². The summed E-state index contributed by atoms with van der Waals surface area (Å²) < 4.78 is 44.2. The predicted molar refractivity (Wildman–Crippen MR) is 577 cm³/mol. The molecule has 6 saturated heterocycles. The van der Waals surface area contributed by atoms with Crippen molar-refractivity contribution in [1.82, 2.24) is 14.7 Å². The van der Waals surface area contributed by atoms with Gasteiger partial charge in [-0.3, -0.25) is 14.7 Å². The summed E-state index contributed by atoms with van der Waals surface area (Å²) in [4.78, 5) is 9.94. The Labute approximate surface area is 870 Å². The lowest BCUT2D eigenvalue weighted by atomic mass is 9.54. The van der Waals surface area contributed by atoms with Crippen LogP contribution in [0.2, 0.25) is 0 Å². The predicted octanol–water partition coefficient (Wildman–Crippen LogP) is 33.0. The second kappa shape index (κ2) is 45.1. The maximum Gasteiger partial charge on any atom is 0.0769 e. The lowest BCUT2D eigenvalue weighted by Crippen LogP contribution is -2.61. The zero-order valence-corrected chi connectivity index (χ0v) is 91.6. The highest BCUT2D eigenvalue weighted by Gasteiger charge is 2.69. The Morgan fingerprint density at radius 3 is 0.930 bits per heavy atom. The molecular formula is C133H217N3O6. The van der Waals surface area contributed by atoms with Crippen LogP contribution in [0.15, 0.2) is 0 Å². The molecule has 29 rings (SSSR count). The highest BCUT2D eigenvalue weighted by atomic mass is 16.5. The molecule has 800 valence electrons. The minimum atomic E-state index is 0.509. The van der Waals surface area contributed by atoms with Gasteiger partial charge in [0.05, 0.1) is 73.2 Å². The van der Waals surface area contributed by atoms with E-state index in [1.807, 2.05) is 0 Å². The van der Waals surface area contributed by atoms with Gasteiger partial charge in [0.25, 0.3) is 0 Å². The van der Waals surface area contributed by atoms with E-state index in [-0.39, 0.29) is 0 Å². The Kier molecular flexibility index (Phi) is 31.6. The molecule has 142 heavy (non-hydrogen) atoms. The fourth-order valence-electron chi connectivity index (χ4n) is 47.5. The first kappa shape index (κ1) is 99.7. The van der Waals surface area contributed by atoms with E-state index in [1.165, 1.54) is 443 Å². The quantitative estimate of drug-likeness (QED) is 0.169. The second-order valence-electron chi connectivity index (χ2n) is 59.4. The first-order valence-corrected chi connectivity index (χ1v) is 67.6. The minimum absolute atomic E-state index is 0.509. The Morgan fingerprint density at radius 2 is 0.415 bits per heavy atom. The van der Waals surface area contributed by atoms with Crippen molar-refractivity contribution in [2.24, 2.45) is 172 Å². The van der Waals surface area contributed by atoms with E-state index in [4.69, 9.17) is 28.4 Å². The maximum atomic E-state index is 7.93. The van der Waals surface area contributed by atoms with Crippen LogP contribution >= 0.6 is 0 Å². The van der Waals surface area contributed by atoms with Crippen LogP contribution in [0.3, 0.4) is 0 Å². The number of ether oxygens (including phenoxy) is 6. The third-order valence-corrected chi connectivity index (χ3v) is 53.5. The Morgan fingerprint density at radius 1 is 0.134 bits per heavy atom. The lowest BCUT2D eigenvalue weighted by molar-refractivity contribution is -0.131. The van der Waals surface area contributed by atoms with Gasteiger partial charge >= 0.3 is 0 Å². The molecule has 29 fully saturated rings. The van der Waals surface area contributed by atoms with E-state index in [2.05, 4.69) is 21.6 Å². The van der Waals surface area contributed by atoms with E-state index in [0.717, 1.165) is 190 Å². The Balaban J connectivity index is 0.000000108. The molecule has 0 N–H and O–H groups in total. The van der Waals surface area contributed by atoms with Gasteiger partial charge in [-0.25, -0.2) is 0 Å². The second-order valence-corrected chi connectivity index (χ2v) is 59.4. The van der Waals surface area contributed by atoms with Gasteiger partial charge in [0, 0.05) is 72.1 Å². The lowest BCUT2D eigenvalue weighted by Gasteiger charge is -2.56. The molecule has 0 aromatic heterocycles. The average molecular weight is 1950 g/mol. The molecule has 9 heteroatoms. The van der Waals surface area contributed by atoms with Crippen molar-refractivity contribution in [2.45, 2.75) is 661 Å². The number of hydrogen-bond donors (Lipinski definition) is 0. The van der Waals surface area contributed by atoms with Gasteiger partial charge in [-0.15, -0.1) is 0 Å². The smallest absolute Gasteiger partial charge is 0.0769 e. The van der Waals surface area contributed by atoms with Crippen LogP contribution in [0, 0.1) is 172 Å². The van der Waals surface area contributed by atoms with Gasteiger partial charge in [-0.05, 0) is 436 Å². The zero-order chi connectivity index (χ0) is 93.8. The third kappa shape index (κ3) is 19.6. The third-order valence-electron chi connectivity index (χ3n) is 53.5. The normalized spacial score (nSPS) is 52.0. The number of rotatable bonds is 14. The largest absolute Gasteiger partial charge is 0.374 e. The molecule has 0 aromatic rings. The van der Waals surface area contributed by atoms with Crippen molar-refractivity contribution < 1.29 is 28.4 Å². The molecule has 34 unspecified atom stereocenters. The van der Waals surface area contributed by atoms with Crippen LogP contribution in [0.4, 0.5) is 0 Å². The summed E-state index contributed by atoms with van der Waals surface area (Å²) in [5.41, 5.74) is 0. The molecule has 9 nitrogen and oxygen atoms in total. The van der Waals surface area contributed by atoms with E-state index in [9.17, 15) is 0 Å². The van der Waals surface area contributed by atoms with Gasteiger partial charge in [-0.2, -0.15) is 0 Å². The number of hydrogen-bond acceptors (Lipinski definition) is 9. The van der Waals surface area contributed by atoms with Gasteiger partial charge < -0.3 is 28.4 Å². The summed E-state index contributed by atoms with van der Waals surface area (Å²) in [6, 6.07) is 7.09. The van der Waals surface area contributed by atoms with Crippen LogP contribution in [0.1, 0.15) is 533 Å². The maximum absolute atomic E-state index is 7.93. The Bertz CT molecular complexity index is 3870. The number of fused-ring (bicyclic) bond motifs is 27. The van der Waals surface area contributed by atoms with Crippen LogP contribution in [-0.2, 0) is 28.4 Å². The molecule has 29 aliphatic rings. The van der Waals surface area contributed by atoms with Crippen LogP contribution in [0.5, 0.6) is 0 Å². The summed E-state index contributed by atoms with van der Waals surface area (Å²) >= 11 is 0. The molecule has 23 aliphatic carbocycles. The topological polar surface area (TPSA) is 65.1 Å². The van der Waals surface area contributed by atoms with Gasteiger partial charge in [0.15, 0.2) is 0 Å². The van der Waals surface area contributed by atoms with Crippen molar-refractivity contribution in [3.05, 3.63) is 0 Å². The van der Waals surface area contributed by atoms with Crippen molar-refractivity contribution in [1.29, 1.82) is 0 Å². The zero-order valence-electron chi connectivity index (χ0n) is 91.6.